The normalized spacial score (nSPS) is 12.6. The highest BCUT2D eigenvalue weighted by atomic mass is 35.5. The van der Waals surface area contributed by atoms with Gasteiger partial charge in [0.2, 0.25) is 0 Å². The van der Waals surface area contributed by atoms with Crippen LogP contribution < -0.4 is 5.32 Å². The van der Waals surface area contributed by atoms with Gasteiger partial charge in [0.15, 0.2) is 0 Å². The number of hydrogen-bond acceptors (Lipinski definition) is 2. The van der Waals surface area contributed by atoms with Gasteiger partial charge in [-0.1, -0.05) is 24.6 Å². The maximum atomic E-state index is 13.1. The molecule has 1 unspecified atom stereocenters. The number of ether oxygens (including phenoxy) is 1. The lowest BCUT2D eigenvalue weighted by atomic mass is 10.0. The van der Waals surface area contributed by atoms with E-state index in [-0.39, 0.29) is 10.8 Å². The summed E-state index contributed by atoms with van der Waals surface area (Å²) < 4.78 is 18.5. The first kappa shape index (κ1) is 16.4. The molecule has 0 fully saturated rings. The van der Waals surface area contributed by atoms with Crippen molar-refractivity contribution in [1.82, 2.24) is 5.32 Å². The van der Waals surface area contributed by atoms with Gasteiger partial charge in [-0.15, -0.1) is 0 Å². The van der Waals surface area contributed by atoms with Crippen LogP contribution in [0, 0.1) is 5.82 Å². The molecule has 0 spiro atoms. The average molecular weight is 288 g/mol. The van der Waals surface area contributed by atoms with E-state index in [0.29, 0.717) is 6.04 Å². The van der Waals surface area contributed by atoms with Crippen molar-refractivity contribution in [2.75, 3.05) is 19.8 Å². The fourth-order valence-electron chi connectivity index (χ4n) is 2.09. The SMILES string of the molecule is CCNC(CCCOCC)Cc1ccc(F)c(Cl)c1. The zero-order valence-electron chi connectivity index (χ0n) is 11.7. The van der Waals surface area contributed by atoms with Crippen molar-refractivity contribution in [3.63, 3.8) is 0 Å². The van der Waals surface area contributed by atoms with Crippen molar-refractivity contribution >= 4 is 11.6 Å². The van der Waals surface area contributed by atoms with E-state index in [1.165, 1.54) is 6.07 Å². The van der Waals surface area contributed by atoms with Crippen molar-refractivity contribution < 1.29 is 9.13 Å². The molecule has 108 valence electrons. The lowest BCUT2D eigenvalue weighted by molar-refractivity contribution is 0.141. The molecule has 4 heteroatoms. The molecule has 0 amide bonds. The lowest BCUT2D eigenvalue weighted by Gasteiger charge is -2.18. The van der Waals surface area contributed by atoms with Crippen molar-refractivity contribution in [2.24, 2.45) is 0 Å². The van der Waals surface area contributed by atoms with Crippen molar-refractivity contribution in [1.29, 1.82) is 0 Å². The third-order valence-electron chi connectivity index (χ3n) is 3.00. The minimum Gasteiger partial charge on any atom is -0.382 e. The van der Waals surface area contributed by atoms with E-state index in [4.69, 9.17) is 16.3 Å². The Morgan fingerprint density at radius 2 is 2.16 bits per heavy atom. The predicted molar refractivity (Wildman–Crippen MR) is 78.3 cm³/mol. The van der Waals surface area contributed by atoms with Gasteiger partial charge in [-0.2, -0.15) is 0 Å². The Morgan fingerprint density at radius 1 is 1.37 bits per heavy atom. The highest BCUT2D eigenvalue weighted by molar-refractivity contribution is 6.30. The van der Waals surface area contributed by atoms with Gasteiger partial charge in [0.1, 0.15) is 5.82 Å². The Labute approximate surface area is 120 Å². The first-order chi connectivity index (χ1) is 9.17. The van der Waals surface area contributed by atoms with E-state index in [2.05, 4.69) is 12.2 Å². The smallest absolute Gasteiger partial charge is 0.141 e. The molecule has 1 atom stereocenters. The van der Waals surface area contributed by atoms with Crippen molar-refractivity contribution in [3.8, 4) is 0 Å². The van der Waals surface area contributed by atoms with Crippen molar-refractivity contribution in [2.45, 2.75) is 39.2 Å². The first-order valence-corrected chi connectivity index (χ1v) is 7.30. The summed E-state index contributed by atoms with van der Waals surface area (Å²) in [5.41, 5.74) is 1.06. The highest BCUT2D eigenvalue weighted by Gasteiger charge is 2.09. The molecule has 1 rings (SSSR count). The van der Waals surface area contributed by atoms with Gasteiger partial charge in [-0.25, -0.2) is 4.39 Å². The summed E-state index contributed by atoms with van der Waals surface area (Å²) in [5.74, 6) is -0.359. The van der Waals surface area contributed by atoms with E-state index in [1.807, 2.05) is 6.92 Å². The van der Waals surface area contributed by atoms with Crippen LogP contribution in [0.2, 0.25) is 5.02 Å². The second-order valence-electron chi connectivity index (χ2n) is 4.55. The molecule has 0 radical (unpaired) electrons. The molecule has 19 heavy (non-hydrogen) atoms. The number of benzene rings is 1. The summed E-state index contributed by atoms with van der Waals surface area (Å²) >= 11 is 5.80. The van der Waals surface area contributed by atoms with Crippen LogP contribution >= 0.6 is 11.6 Å². The van der Waals surface area contributed by atoms with Crippen LogP contribution in [0.5, 0.6) is 0 Å². The minimum atomic E-state index is -0.359. The largest absolute Gasteiger partial charge is 0.382 e. The van der Waals surface area contributed by atoms with Gasteiger partial charge in [0.25, 0.3) is 0 Å². The fraction of sp³-hybridized carbons (Fsp3) is 0.600. The van der Waals surface area contributed by atoms with Gasteiger partial charge < -0.3 is 10.1 Å². The fourth-order valence-corrected chi connectivity index (χ4v) is 2.30. The van der Waals surface area contributed by atoms with Gasteiger partial charge in [0, 0.05) is 19.3 Å². The summed E-state index contributed by atoms with van der Waals surface area (Å²) in [4.78, 5) is 0. The molecule has 1 aromatic rings. The van der Waals surface area contributed by atoms with Crippen LogP contribution in [-0.2, 0) is 11.2 Å². The van der Waals surface area contributed by atoms with Gasteiger partial charge in [-0.05, 0) is 50.4 Å². The lowest BCUT2D eigenvalue weighted by Crippen LogP contribution is -2.31. The van der Waals surface area contributed by atoms with Gasteiger partial charge in [0.05, 0.1) is 5.02 Å². The number of likely N-dealkylation sites (N-methyl/N-ethyl adjacent to an activating group) is 1. The molecular formula is C15H23ClFNO. The van der Waals surface area contributed by atoms with E-state index in [0.717, 1.165) is 44.6 Å². The Morgan fingerprint density at radius 3 is 2.79 bits per heavy atom. The van der Waals surface area contributed by atoms with E-state index in [1.54, 1.807) is 12.1 Å². The third-order valence-corrected chi connectivity index (χ3v) is 3.29. The summed E-state index contributed by atoms with van der Waals surface area (Å²) in [7, 11) is 0. The minimum absolute atomic E-state index is 0.196. The molecule has 1 aromatic carbocycles. The zero-order valence-corrected chi connectivity index (χ0v) is 12.5. The third kappa shape index (κ3) is 6.37. The average Bonchev–Trinajstić information content (AvgIpc) is 2.39. The van der Waals surface area contributed by atoms with E-state index in [9.17, 15) is 4.39 Å². The summed E-state index contributed by atoms with van der Waals surface area (Å²) in [6.45, 7) is 6.58. The second kappa shape index (κ2) is 9.29. The molecular weight excluding hydrogens is 265 g/mol. The number of nitrogens with one attached hydrogen (secondary N) is 1. The standard InChI is InChI=1S/C15H23ClFNO/c1-3-18-13(6-5-9-19-4-2)10-12-7-8-15(17)14(16)11-12/h7-8,11,13,18H,3-6,9-10H2,1-2H3. The molecule has 0 aliphatic heterocycles. The molecule has 0 bridgehead atoms. The number of hydrogen-bond donors (Lipinski definition) is 1. The molecule has 0 aliphatic carbocycles. The Balaban J connectivity index is 2.49. The van der Waals surface area contributed by atoms with Gasteiger partial charge in [-0.3, -0.25) is 0 Å². The Bertz CT molecular complexity index is 373. The Hall–Kier alpha value is -0.640. The quantitative estimate of drug-likeness (QED) is 0.697. The predicted octanol–water partition coefficient (Wildman–Crippen LogP) is 3.82. The van der Waals surface area contributed by atoms with Crippen LogP contribution in [0.4, 0.5) is 4.39 Å². The van der Waals surface area contributed by atoms with E-state index < -0.39 is 0 Å². The maximum absolute atomic E-state index is 13.1. The Kier molecular flexibility index (Phi) is 8.03. The zero-order chi connectivity index (χ0) is 14.1. The van der Waals surface area contributed by atoms with Crippen LogP contribution in [0.3, 0.4) is 0 Å². The monoisotopic (exact) mass is 287 g/mol. The molecule has 0 saturated carbocycles. The topological polar surface area (TPSA) is 21.3 Å². The van der Waals surface area contributed by atoms with Crippen molar-refractivity contribution in [3.05, 3.63) is 34.6 Å². The van der Waals surface area contributed by atoms with E-state index >= 15 is 0 Å². The van der Waals surface area contributed by atoms with Crippen LogP contribution in [-0.4, -0.2) is 25.8 Å². The van der Waals surface area contributed by atoms with Crippen LogP contribution in [0.25, 0.3) is 0 Å². The molecule has 0 aromatic heterocycles. The summed E-state index contributed by atoms with van der Waals surface area (Å²) in [6, 6.07) is 5.32. The molecule has 1 N–H and O–H groups in total. The molecule has 2 nitrogen and oxygen atoms in total. The highest BCUT2D eigenvalue weighted by Crippen LogP contribution is 2.18. The number of halogens is 2. The molecule has 0 saturated heterocycles. The van der Waals surface area contributed by atoms with Gasteiger partial charge >= 0.3 is 0 Å². The number of rotatable bonds is 9. The summed E-state index contributed by atoms with van der Waals surface area (Å²) in [6.07, 6.45) is 2.93. The maximum Gasteiger partial charge on any atom is 0.141 e. The molecule has 0 heterocycles. The van der Waals surface area contributed by atoms with Crippen LogP contribution in [0.15, 0.2) is 18.2 Å². The second-order valence-corrected chi connectivity index (χ2v) is 4.95. The molecule has 0 aliphatic rings. The first-order valence-electron chi connectivity index (χ1n) is 6.92. The van der Waals surface area contributed by atoms with Crippen LogP contribution in [0.1, 0.15) is 32.3 Å². The summed E-state index contributed by atoms with van der Waals surface area (Å²) in [5, 5.41) is 3.65.